The maximum Gasteiger partial charge on any atom is 0.387 e. The molecule has 0 unspecified atom stereocenters. The number of alkyl halides is 2. The predicted octanol–water partition coefficient (Wildman–Crippen LogP) is 3.18. The van der Waals surface area contributed by atoms with Crippen LogP contribution in [0.1, 0.15) is 31.2 Å². The minimum absolute atomic E-state index is 0. The molecule has 6 nitrogen and oxygen atoms in total. The lowest BCUT2D eigenvalue weighted by molar-refractivity contribution is -0.144. The first-order valence-corrected chi connectivity index (χ1v) is 9.33. The smallest absolute Gasteiger partial charge is 0.387 e. The van der Waals surface area contributed by atoms with Crippen molar-refractivity contribution in [2.45, 2.75) is 38.8 Å². The Morgan fingerprint density at radius 3 is 2.86 bits per heavy atom. The number of fused-ring (bicyclic) bond motifs is 2. The van der Waals surface area contributed by atoms with Gasteiger partial charge in [0.2, 0.25) is 12.7 Å². The third kappa shape index (κ3) is 3.72. The van der Waals surface area contributed by atoms with E-state index in [2.05, 4.69) is 10.1 Å². The molecule has 1 aliphatic carbocycles. The van der Waals surface area contributed by atoms with E-state index < -0.39 is 6.61 Å². The maximum absolute atomic E-state index is 13.3. The van der Waals surface area contributed by atoms with Crippen molar-refractivity contribution < 1.29 is 27.8 Å². The number of carbonyl (C=O) groups is 1. The lowest BCUT2D eigenvalue weighted by Gasteiger charge is -2.40. The molecule has 1 aromatic carbocycles. The van der Waals surface area contributed by atoms with Gasteiger partial charge in [0.1, 0.15) is 5.75 Å². The Morgan fingerprint density at radius 2 is 2.11 bits per heavy atom. The average molecular weight is 419 g/mol. The van der Waals surface area contributed by atoms with Crippen molar-refractivity contribution in [3.05, 3.63) is 17.7 Å². The normalized spacial score (nSPS) is 25.2. The van der Waals surface area contributed by atoms with Gasteiger partial charge in [-0.25, -0.2) is 0 Å². The van der Waals surface area contributed by atoms with Gasteiger partial charge in [0.05, 0.1) is 5.41 Å². The van der Waals surface area contributed by atoms with Crippen LogP contribution in [0.15, 0.2) is 12.1 Å². The Balaban J connectivity index is 0.00000225. The summed E-state index contributed by atoms with van der Waals surface area (Å²) in [6.45, 7) is -1.19. The Morgan fingerprint density at radius 1 is 1.36 bits per heavy atom. The Labute approximate surface area is 168 Å². The zero-order chi connectivity index (χ0) is 19.0. The van der Waals surface area contributed by atoms with Gasteiger partial charge in [-0.2, -0.15) is 8.78 Å². The van der Waals surface area contributed by atoms with Gasteiger partial charge in [-0.15, -0.1) is 12.4 Å². The number of amides is 1. The number of benzene rings is 1. The molecule has 1 N–H and O–H groups in total. The van der Waals surface area contributed by atoms with Crippen LogP contribution in [0, 0.1) is 11.3 Å². The Hall–Kier alpha value is -1.80. The van der Waals surface area contributed by atoms with Gasteiger partial charge in [0, 0.05) is 31.8 Å². The first-order valence-electron chi connectivity index (χ1n) is 9.33. The third-order valence-corrected chi connectivity index (χ3v) is 5.99. The van der Waals surface area contributed by atoms with Gasteiger partial charge < -0.3 is 24.4 Å². The standard InChI is InChI=1S/C19H24F2N2O4.ClH/c1-23(17(24)19-5-3-2-4-13(19)8-22-10-19)9-12-6-15-16(26-11-25-15)7-14(12)27-18(20)21;/h6-7,13,18,22H,2-5,8-11H2,1H3;1H/t13-,19+;/m0./s1. The topological polar surface area (TPSA) is 60.0 Å². The van der Waals surface area contributed by atoms with E-state index in [4.69, 9.17) is 9.47 Å². The van der Waals surface area contributed by atoms with Crippen molar-refractivity contribution in [1.82, 2.24) is 10.2 Å². The molecule has 28 heavy (non-hydrogen) atoms. The second-order valence-electron chi connectivity index (χ2n) is 7.58. The Kier molecular flexibility index (Phi) is 6.19. The predicted molar refractivity (Wildman–Crippen MR) is 100 cm³/mol. The fraction of sp³-hybridized carbons (Fsp3) is 0.632. The highest BCUT2D eigenvalue weighted by Crippen LogP contribution is 2.45. The molecular formula is C19H25ClF2N2O4. The second-order valence-corrected chi connectivity index (χ2v) is 7.58. The molecule has 1 saturated carbocycles. The van der Waals surface area contributed by atoms with E-state index in [9.17, 15) is 13.6 Å². The molecule has 2 atom stereocenters. The first-order chi connectivity index (χ1) is 13.0. The molecule has 1 saturated heterocycles. The quantitative estimate of drug-likeness (QED) is 0.795. The third-order valence-electron chi connectivity index (χ3n) is 5.99. The highest BCUT2D eigenvalue weighted by molar-refractivity contribution is 5.85. The number of rotatable bonds is 5. The summed E-state index contributed by atoms with van der Waals surface area (Å²) in [4.78, 5) is 14.9. The van der Waals surface area contributed by atoms with Gasteiger partial charge in [-0.3, -0.25) is 4.79 Å². The number of hydrogen-bond acceptors (Lipinski definition) is 5. The summed E-state index contributed by atoms with van der Waals surface area (Å²) in [5, 5.41) is 3.37. The van der Waals surface area contributed by atoms with Crippen molar-refractivity contribution >= 4 is 18.3 Å². The van der Waals surface area contributed by atoms with Gasteiger partial charge in [0.25, 0.3) is 0 Å². The van der Waals surface area contributed by atoms with Crippen LogP contribution >= 0.6 is 12.4 Å². The van der Waals surface area contributed by atoms with Gasteiger partial charge >= 0.3 is 6.61 Å². The molecule has 4 rings (SSSR count). The number of hydrogen-bond donors (Lipinski definition) is 1. The molecule has 1 amide bonds. The molecule has 0 radical (unpaired) electrons. The van der Waals surface area contributed by atoms with Crippen molar-refractivity contribution in [3.8, 4) is 17.2 Å². The van der Waals surface area contributed by atoms with Crippen LogP contribution in [-0.2, 0) is 11.3 Å². The zero-order valence-electron chi connectivity index (χ0n) is 15.7. The number of halogens is 3. The van der Waals surface area contributed by atoms with E-state index >= 15 is 0 Å². The van der Waals surface area contributed by atoms with Gasteiger partial charge in [-0.05, 0) is 31.4 Å². The minimum Gasteiger partial charge on any atom is -0.454 e. The SMILES string of the molecule is CN(Cc1cc2c(cc1OC(F)F)OCO2)C(=O)[C@@]12CCCC[C@H]1CNC2.Cl. The van der Waals surface area contributed by atoms with Crippen LogP contribution in [0.4, 0.5) is 8.78 Å². The average Bonchev–Trinajstić information content (AvgIpc) is 3.27. The molecule has 2 aliphatic heterocycles. The van der Waals surface area contributed by atoms with Crippen molar-refractivity contribution in [3.63, 3.8) is 0 Å². The van der Waals surface area contributed by atoms with Crippen LogP contribution in [0.3, 0.4) is 0 Å². The summed E-state index contributed by atoms with van der Waals surface area (Å²) < 4.78 is 40.9. The monoisotopic (exact) mass is 418 g/mol. The van der Waals surface area contributed by atoms with E-state index in [0.717, 1.165) is 32.2 Å². The summed E-state index contributed by atoms with van der Waals surface area (Å²) in [5.41, 5.74) is 0.0951. The summed E-state index contributed by atoms with van der Waals surface area (Å²) >= 11 is 0. The van der Waals surface area contributed by atoms with Gasteiger partial charge in [0.15, 0.2) is 11.5 Å². The fourth-order valence-electron chi connectivity index (χ4n) is 4.67. The lowest BCUT2D eigenvalue weighted by Crippen LogP contribution is -2.48. The summed E-state index contributed by atoms with van der Waals surface area (Å²) in [6.07, 6.45) is 4.12. The van der Waals surface area contributed by atoms with Crippen LogP contribution in [0.2, 0.25) is 0 Å². The van der Waals surface area contributed by atoms with E-state index in [1.807, 2.05) is 0 Å². The molecule has 9 heteroatoms. The molecule has 3 aliphatic rings. The molecule has 0 bridgehead atoms. The molecule has 2 heterocycles. The van der Waals surface area contributed by atoms with Crippen molar-refractivity contribution in [1.29, 1.82) is 0 Å². The van der Waals surface area contributed by atoms with Gasteiger partial charge in [-0.1, -0.05) is 12.8 Å². The summed E-state index contributed by atoms with van der Waals surface area (Å²) in [7, 11) is 1.72. The lowest BCUT2D eigenvalue weighted by atomic mass is 9.67. The number of ether oxygens (including phenoxy) is 3. The van der Waals surface area contributed by atoms with Crippen molar-refractivity contribution in [2.75, 3.05) is 26.9 Å². The van der Waals surface area contributed by atoms with E-state index in [0.29, 0.717) is 29.5 Å². The molecular weight excluding hydrogens is 394 g/mol. The van der Waals surface area contributed by atoms with E-state index in [-0.39, 0.29) is 42.8 Å². The molecule has 0 aromatic heterocycles. The second kappa shape index (κ2) is 8.29. The molecule has 0 spiro atoms. The maximum atomic E-state index is 13.3. The van der Waals surface area contributed by atoms with Crippen LogP contribution in [-0.4, -0.2) is 44.3 Å². The van der Waals surface area contributed by atoms with E-state index in [1.54, 1.807) is 18.0 Å². The molecule has 1 aromatic rings. The largest absolute Gasteiger partial charge is 0.454 e. The molecule has 2 fully saturated rings. The highest BCUT2D eigenvalue weighted by Gasteiger charge is 2.50. The van der Waals surface area contributed by atoms with Crippen molar-refractivity contribution in [2.24, 2.45) is 11.3 Å². The Bertz CT molecular complexity index is 736. The summed E-state index contributed by atoms with van der Waals surface area (Å²) in [5.74, 6) is 1.27. The zero-order valence-corrected chi connectivity index (χ0v) is 16.5. The van der Waals surface area contributed by atoms with E-state index in [1.165, 1.54) is 6.07 Å². The highest BCUT2D eigenvalue weighted by atomic mass is 35.5. The first kappa shape index (κ1) is 20.9. The molecule has 156 valence electrons. The fourth-order valence-corrected chi connectivity index (χ4v) is 4.67. The minimum atomic E-state index is -2.95. The van der Waals surface area contributed by atoms with Crippen LogP contribution < -0.4 is 19.5 Å². The summed E-state index contributed by atoms with van der Waals surface area (Å²) in [6, 6.07) is 3.02. The number of carbonyl (C=O) groups excluding carboxylic acids is 1. The van der Waals surface area contributed by atoms with Crippen LogP contribution in [0.5, 0.6) is 17.2 Å². The number of nitrogens with one attached hydrogen (secondary N) is 1. The number of nitrogens with zero attached hydrogens (tertiary/aromatic N) is 1. The van der Waals surface area contributed by atoms with Crippen LogP contribution in [0.25, 0.3) is 0 Å².